The molecule has 2 atom stereocenters. The Morgan fingerprint density at radius 3 is 2.30 bits per heavy atom. The Balaban J connectivity index is 1.76. The molecule has 1 heterocycles. The third-order valence-electron chi connectivity index (χ3n) is 6.17. The Kier molecular flexibility index (Phi) is 7.94. The molecule has 0 saturated heterocycles. The molecule has 0 saturated carbocycles. The van der Waals surface area contributed by atoms with Crippen LogP contribution in [0, 0.1) is 24.0 Å². The number of amides is 1. The summed E-state index contributed by atoms with van der Waals surface area (Å²) in [5.41, 5.74) is 3.81. The molecule has 0 radical (unpaired) electrons. The van der Waals surface area contributed by atoms with Crippen LogP contribution >= 0.6 is 11.8 Å². The summed E-state index contributed by atoms with van der Waals surface area (Å²) in [4.78, 5) is 42.4. The molecule has 0 fully saturated rings. The number of anilines is 1. The van der Waals surface area contributed by atoms with Crippen molar-refractivity contribution in [3.8, 4) is 0 Å². The number of esters is 1. The minimum atomic E-state index is -1.11. The highest BCUT2D eigenvalue weighted by atomic mass is 32.2. The van der Waals surface area contributed by atoms with Gasteiger partial charge in [-0.2, -0.15) is 0 Å². The number of nitro benzene ring substituents is 1. The first-order valence-corrected chi connectivity index (χ1v) is 12.8. The number of hydrogen-bond acceptors (Lipinski definition) is 7. The zero-order valence-electron chi connectivity index (χ0n) is 21.2. The van der Waals surface area contributed by atoms with Crippen LogP contribution < -0.4 is 4.90 Å². The number of rotatable bonds is 7. The quantitative estimate of drug-likeness (QED) is 0.241. The number of aryl methyl sites for hydroxylation is 2. The second-order valence-electron chi connectivity index (χ2n) is 9.34. The van der Waals surface area contributed by atoms with Crippen LogP contribution in [0.2, 0.25) is 0 Å². The SMILES string of the molecule is Cc1ccc([C@H]2Sc3cc(C)ccc3N(CCN(C)C)C(=O)[C@H]2OC(=O)c2ccc([N+](=O)[O-])cc2)cc1. The topological polar surface area (TPSA) is 93.0 Å². The van der Waals surface area contributed by atoms with E-state index in [4.69, 9.17) is 4.74 Å². The maximum Gasteiger partial charge on any atom is 0.338 e. The van der Waals surface area contributed by atoms with E-state index in [1.165, 1.54) is 36.0 Å². The maximum atomic E-state index is 14.1. The Morgan fingerprint density at radius 1 is 1.03 bits per heavy atom. The highest BCUT2D eigenvalue weighted by Gasteiger charge is 2.41. The van der Waals surface area contributed by atoms with Crippen molar-refractivity contribution in [3.05, 3.63) is 99.1 Å². The van der Waals surface area contributed by atoms with Gasteiger partial charge in [0.25, 0.3) is 11.6 Å². The van der Waals surface area contributed by atoms with Gasteiger partial charge >= 0.3 is 5.97 Å². The molecule has 1 aliphatic heterocycles. The number of nitrogens with zero attached hydrogens (tertiary/aromatic N) is 3. The second kappa shape index (κ2) is 11.1. The van der Waals surface area contributed by atoms with Crippen molar-refractivity contribution in [1.29, 1.82) is 0 Å². The molecular weight excluding hydrogens is 490 g/mol. The number of benzene rings is 3. The minimum absolute atomic E-state index is 0.129. The van der Waals surface area contributed by atoms with Crippen LogP contribution in [0.3, 0.4) is 0 Å². The molecule has 3 aromatic rings. The summed E-state index contributed by atoms with van der Waals surface area (Å²) in [5.74, 6) is -1.02. The van der Waals surface area contributed by atoms with E-state index < -0.39 is 22.2 Å². The van der Waals surface area contributed by atoms with Crippen molar-refractivity contribution in [2.75, 3.05) is 32.1 Å². The van der Waals surface area contributed by atoms with Crippen LogP contribution in [-0.4, -0.2) is 55.0 Å². The number of carbonyl (C=O) groups is 2. The fourth-order valence-corrected chi connectivity index (χ4v) is 5.50. The smallest absolute Gasteiger partial charge is 0.338 e. The highest BCUT2D eigenvalue weighted by Crippen LogP contribution is 2.47. The molecule has 0 N–H and O–H groups in total. The van der Waals surface area contributed by atoms with Crippen LogP contribution in [0.25, 0.3) is 0 Å². The van der Waals surface area contributed by atoms with Gasteiger partial charge in [0, 0.05) is 30.1 Å². The number of nitro groups is 1. The molecule has 1 amide bonds. The maximum absolute atomic E-state index is 14.1. The first-order valence-electron chi connectivity index (χ1n) is 11.9. The van der Waals surface area contributed by atoms with Gasteiger partial charge < -0.3 is 14.5 Å². The highest BCUT2D eigenvalue weighted by molar-refractivity contribution is 7.99. The minimum Gasteiger partial charge on any atom is -0.447 e. The van der Waals surface area contributed by atoms with Crippen LogP contribution in [0.15, 0.2) is 71.6 Å². The van der Waals surface area contributed by atoms with E-state index in [-0.39, 0.29) is 17.2 Å². The summed E-state index contributed by atoms with van der Waals surface area (Å²) < 4.78 is 5.93. The van der Waals surface area contributed by atoms with Gasteiger partial charge in [-0.15, -0.1) is 11.8 Å². The molecule has 9 heteroatoms. The van der Waals surface area contributed by atoms with Gasteiger partial charge in [-0.25, -0.2) is 4.79 Å². The molecule has 37 heavy (non-hydrogen) atoms. The molecule has 0 unspecified atom stereocenters. The second-order valence-corrected chi connectivity index (χ2v) is 10.5. The van der Waals surface area contributed by atoms with Crippen molar-refractivity contribution in [3.63, 3.8) is 0 Å². The zero-order chi connectivity index (χ0) is 26.7. The molecule has 8 nitrogen and oxygen atoms in total. The van der Waals surface area contributed by atoms with Gasteiger partial charge in [-0.05, 0) is 63.3 Å². The van der Waals surface area contributed by atoms with E-state index in [2.05, 4.69) is 6.07 Å². The fraction of sp³-hybridized carbons (Fsp3) is 0.286. The van der Waals surface area contributed by atoms with Crippen molar-refractivity contribution < 1.29 is 19.2 Å². The number of hydrogen-bond donors (Lipinski definition) is 0. The van der Waals surface area contributed by atoms with Gasteiger partial charge in [0.15, 0.2) is 6.10 Å². The molecule has 0 spiro atoms. The average molecular weight is 520 g/mol. The van der Waals surface area contributed by atoms with Crippen LogP contribution in [0.4, 0.5) is 11.4 Å². The van der Waals surface area contributed by atoms with Crippen molar-refractivity contribution >= 4 is 35.0 Å². The number of fused-ring (bicyclic) bond motifs is 1. The van der Waals surface area contributed by atoms with Crippen LogP contribution in [0.1, 0.15) is 32.3 Å². The van der Waals surface area contributed by atoms with Gasteiger partial charge in [0.05, 0.1) is 21.4 Å². The average Bonchev–Trinajstić information content (AvgIpc) is 2.97. The number of likely N-dealkylation sites (N-methyl/N-ethyl adjacent to an activating group) is 1. The third-order valence-corrected chi connectivity index (χ3v) is 7.52. The largest absolute Gasteiger partial charge is 0.447 e. The molecule has 0 aliphatic carbocycles. The number of non-ortho nitro benzene ring substituents is 1. The first kappa shape index (κ1) is 26.4. The van der Waals surface area contributed by atoms with Crippen molar-refractivity contribution in [1.82, 2.24) is 4.90 Å². The Bertz CT molecular complexity index is 1310. The van der Waals surface area contributed by atoms with Crippen LogP contribution in [-0.2, 0) is 9.53 Å². The van der Waals surface area contributed by atoms with E-state index in [1.807, 2.05) is 69.2 Å². The van der Waals surface area contributed by atoms with Gasteiger partial charge in [-0.1, -0.05) is 35.9 Å². The number of thioether (sulfide) groups is 1. The van der Waals surface area contributed by atoms with E-state index >= 15 is 0 Å². The third kappa shape index (κ3) is 6.00. The number of carbonyl (C=O) groups excluding carboxylic acids is 2. The predicted octanol–water partition coefficient (Wildman–Crippen LogP) is 5.18. The van der Waals surface area contributed by atoms with Crippen molar-refractivity contribution in [2.24, 2.45) is 0 Å². The summed E-state index contributed by atoms with van der Waals surface area (Å²) in [6.07, 6.45) is -1.11. The van der Waals surface area contributed by atoms with Crippen LogP contribution in [0.5, 0.6) is 0 Å². The van der Waals surface area contributed by atoms with E-state index in [0.717, 1.165) is 27.3 Å². The standard InChI is InChI=1S/C28H29N3O5S/c1-18-5-8-20(9-6-18)26-25(36-28(33)21-10-12-22(13-11-21)31(34)35)27(32)30(16-15-29(3)4)23-14-7-19(2)17-24(23)37-26/h5-14,17,25-26H,15-16H2,1-4H3/t25-,26+/m0/s1. The monoisotopic (exact) mass is 519 g/mol. The van der Waals surface area contributed by atoms with E-state index in [0.29, 0.717) is 13.1 Å². The van der Waals surface area contributed by atoms with E-state index in [9.17, 15) is 19.7 Å². The van der Waals surface area contributed by atoms with Gasteiger partial charge in [0.2, 0.25) is 0 Å². The van der Waals surface area contributed by atoms with Gasteiger partial charge in [0.1, 0.15) is 0 Å². The summed E-state index contributed by atoms with van der Waals surface area (Å²) in [6, 6.07) is 19.0. The molecule has 0 aromatic heterocycles. The fourth-order valence-electron chi connectivity index (χ4n) is 4.08. The molecule has 192 valence electrons. The zero-order valence-corrected chi connectivity index (χ0v) is 22.0. The lowest BCUT2D eigenvalue weighted by Crippen LogP contribution is -2.45. The summed E-state index contributed by atoms with van der Waals surface area (Å²) in [6.45, 7) is 5.05. The predicted molar refractivity (Wildman–Crippen MR) is 144 cm³/mol. The molecule has 3 aromatic carbocycles. The first-order chi connectivity index (χ1) is 17.6. The van der Waals surface area contributed by atoms with E-state index in [1.54, 1.807) is 4.90 Å². The summed E-state index contributed by atoms with van der Waals surface area (Å²) >= 11 is 1.50. The Labute approximate surface area is 220 Å². The normalized spacial score (nSPS) is 17.3. The molecule has 0 bridgehead atoms. The Morgan fingerprint density at radius 2 is 1.68 bits per heavy atom. The van der Waals surface area contributed by atoms with Gasteiger partial charge in [-0.3, -0.25) is 14.9 Å². The lowest BCUT2D eigenvalue weighted by molar-refractivity contribution is -0.384. The molecular formula is C28H29N3O5S. The summed E-state index contributed by atoms with van der Waals surface area (Å²) in [5, 5.41) is 10.5. The molecule has 1 aliphatic rings. The summed E-state index contributed by atoms with van der Waals surface area (Å²) in [7, 11) is 3.88. The number of ether oxygens (including phenoxy) is 1. The molecule has 4 rings (SSSR count). The Hall–Kier alpha value is -3.69. The lowest BCUT2D eigenvalue weighted by atomic mass is 10.0. The lowest BCUT2D eigenvalue weighted by Gasteiger charge is -2.28. The van der Waals surface area contributed by atoms with Crippen molar-refractivity contribution in [2.45, 2.75) is 30.1 Å².